The number of hydrogen-bond acceptors (Lipinski definition) is 3. The van der Waals surface area contributed by atoms with Crippen LogP contribution in [0.25, 0.3) is 0 Å². The highest BCUT2D eigenvalue weighted by Gasteiger charge is 2.21. The van der Waals surface area contributed by atoms with Gasteiger partial charge in [0.1, 0.15) is 0 Å². The number of nitrogens with one attached hydrogen (secondary N) is 2. The molecule has 0 spiro atoms. The molecule has 0 fully saturated rings. The molecule has 1 atom stereocenters. The second-order valence-electron chi connectivity index (χ2n) is 6.89. The van der Waals surface area contributed by atoms with E-state index in [0.717, 1.165) is 28.2 Å². The summed E-state index contributed by atoms with van der Waals surface area (Å²) in [6, 6.07) is 24.5. The summed E-state index contributed by atoms with van der Waals surface area (Å²) in [6.07, 6.45) is 1.55. The standard InChI is InChI=1S/C24H20N2O2S/c1-2-18(14-16-8-4-3-5-9-16)25-23(27)17-12-13-22-20(15-17)26-24(28)19-10-6-7-11-21(19)29-22/h4,6-13,15,18H,2,14H2,1H3,(H,25,27)(H,26,28). The molecule has 3 aromatic carbocycles. The number of anilines is 1. The Kier molecular flexibility index (Phi) is 5.55. The lowest BCUT2D eigenvalue weighted by atomic mass is 10.0. The van der Waals surface area contributed by atoms with Crippen molar-refractivity contribution < 1.29 is 9.59 Å². The van der Waals surface area contributed by atoms with Gasteiger partial charge in [-0.15, -0.1) is 0 Å². The fourth-order valence-electron chi connectivity index (χ4n) is 3.27. The molecule has 1 aliphatic rings. The summed E-state index contributed by atoms with van der Waals surface area (Å²) in [5, 5.41) is 6.03. The Morgan fingerprint density at radius 2 is 2.00 bits per heavy atom. The zero-order valence-corrected chi connectivity index (χ0v) is 16.8. The molecule has 0 radical (unpaired) electrons. The summed E-state index contributed by atoms with van der Waals surface area (Å²) in [5.74, 6) is -0.305. The topological polar surface area (TPSA) is 58.2 Å². The molecule has 0 aliphatic carbocycles. The van der Waals surface area contributed by atoms with E-state index in [0.29, 0.717) is 16.8 Å². The van der Waals surface area contributed by atoms with Crippen molar-refractivity contribution in [1.82, 2.24) is 5.32 Å². The van der Waals surface area contributed by atoms with Crippen LogP contribution in [-0.4, -0.2) is 17.9 Å². The quantitative estimate of drug-likeness (QED) is 0.649. The van der Waals surface area contributed by atoms with E-state index in [2.05, 4.69) is 29.7 Å². The van der Waals surface area contributed by atoms with Crippen molar-refractivity contribution in [1.29, 1.82) is 0 Å². The van der Waals surface area contributed by atoms with Crippen LogP contribution in [-0.2, 0) is 6.42 Å². The predicted octanol–water partition coefficient (Wildman–Crippen LogP) is 4.75. The number of carbonyl (C=O) groups excluding carboxylic acids is 2. The van der Waals surface area contributed by atoms with Gasteiger partial charge in [0, 0.05) is 21.4 Å². The van der Waals surface area contributed by atoms with E-state index in [4.69, 9.17) is 0 Å². The van der Waals surface area contributed by atoms with Crippen LogP contribution in [0.3, 0.4) is 0 Å². The maximum Gasteiger partial charge on any atom is 0.256 e. The molecule has 1 unspecified atom stereocenters. The van der Waals surface area contributed by atoms with Crippen molar-refractivity contribution in [3.05, 3.63) is 89.5 Å². The fraction of sp³-hybridized carbons (Fsp3) is 0.167. The van der Waals surface area contributed by atoms with Gasteiger partial charge in [0.05, 0.1) is 11.3 Å². The lowest BCUT2D eigenvalue weighted by Crippen LogP contribution is -2.36. The summed E-state index contributed by atoms with van der Waals surface area (Å²) in [6.45, 7) is 2.05. The van der Waals surface area contributed by atoms with E-state index in [1.165, 1.54) is 11.8 Å². The normalized spacial score (nSPS) is 13.2. The molecular weight excluding hydrogens is 380 g/mol. The molecule has 0 aromatic heterocycles. The average Bonchev–Trinajstić information content (AvgIpc) is 2.89. The minimum absolute atomic E-state index is 0.0188. The molecule has 2 N–H and O–H groups in total. The van der Waals surface area contributed by atoms with E-state index in [-0.39, 0.29) is 17.9 Å². The molecule has 1 aliphatic heterocycles. The van der Waals surface area contributed by atoms with Gasteiger partial charge in [-0.2, -0.15) is 0 Å². The number of amides is 2. The molecule has 3 aromatic rings. The fourth-order valence-corrected chi connectivity index (χ4v) is 4.28. The van der Waals surface area contributed by atoms with Crippen LogP contribution in [0.1, 0.15) is 39.6 Å². The number of benzene rings is 2. The predicted molar refractivity (Wildman–Crippen MR) is 114 cm³/mol. The van der Waals surface area contributed by atoms with Gasteiger partial charge >= 0.3 is 0 Å². The van der Waals surface area contributed by atoms with Crippen molar-refractivity contribution in [3.8, 4) is 0 Å². The summed E-state index contributed by atoms with van der Waals surface area (Å²) < 4.78 is 0. The highest BCUT2D eigenvalue weighted by atomic mass is 32.2. The first kappa shape index (κ1) is 19.1. The SMILES string of the molecule is CCC(Cc1cc#ccc1)NC(=O)c1ccc2c(c1)NC(=O)c1ccccc1S2. The lowest BCUT2D eigenvalue weighted by Gasteiger charge is -2.17. The molecule has 144 valence electrons. The molecular formula is C24H20N2O2S. The average molecular weight is 401 g/mol. The van der Waals surface area contributed by atoms with Gasteiger partial charge in [-0.25, -0.2) is 0 Å². The molecule has 0 bridgehead atoms. The summed E-state index contributed by atoms with van der Waals surface area (Å²) in [4.78, 5) is 27.2. The maximum absolute atomic E-state index is 12.8. The van der Waals surface area contributed by atoms with E-state index < -0.39 is 0 Å². The summed E-state index contributed by atoms with van der Waals surface area (Å²) in [5.41, 5.74) is 2.94. The first-order chi connectivity index (χ1) is 14.1. The van der Waals surface area contributed by atoms with Crippen LogP contribution < -0.4 is 10.6 Å². The van der Waals surface area contributed by atoms with E-state index in [1.807, 2.05) is 48.5 Å². The van der Waals surface area contributed by atoms with E-state index in [9.17, 15) is 9.59 Å². The third-order valence-electron chi connectivity index (χ3n) is 4.87. The Labute approximate surface area is 174 Å². The Morgan fingerprint density at radius 3 is 2.79 bits per heavy atom. The van der Waals surface area contributed by atoms with Gasteiger partial charge in [-0.3, -0.25) is 9.59 Å². The van der Waals surface area contributed by atoms with Gasteiger partial charge in [0.15, 0.2) is 0 Å². The minimum atomic E-state index is -0.159. The van der Waals surface area contributed by atoms with Crippen LogP contribution in [0.5, 0.6) is 0 Å². The van der Waals surface area contributed by atoms with Crippen molar-refractivity contribution in [2.75, 3.05) is 5.32 Å². The molecule has 0 saturated carbocycles. The molecule has 1 heterocycles. The lowest BCUT2D eigenvalue weighted by molar-refractivity contribution is 0.0934. The molecule has 4 rings (SSSR count). The van der Waals surface area contributed by atoms with Crippen LogP contribution in [0, 0.1) is 12.1 Å². The number of hydrogen-bond donors (Lipinski definition) is 2. The molecule has 2 amide bonds. The first-order valence-electron chi connectivity index (χ1n) is 9.54. The third-order valence-corrected chi connectivity index (χ3v) is 6.03. The Bertz CT molecular complexity index is 1050. The Morgan fingerprint density at radius 1 is 1.14 bits per heavy atom. The van der Waals surface area contributed by atoms with Gasteiger partial charge in [-0.1, -0.05) is 43.0 Å². The number of rotatable bonds is 5. The smallest absolute Gasteiger partial charge is 0.256 e. The van der Waals surface area contributed by atoms with Gasteiger partial charge in [0.25, 0.3) is 11.8 Å². The van der Waals surface area contributed by atoms with E-state index >= 15 is 0 Å². The molecule has 4 nitrogen and oxygen atoms in total. The van der Waals surface area contributed by atoms with Crippen molar-refractivity contribution in [3.63, 3.8) is 0 Å². The summed E-state index contributed by atoms with van der Waals surface area (Å²) in [7, 11) is 0. The third kappa shape index (κ3) is 4.28. The first-order valence-corrected chi connectivity index (χ1v) is 10.4. The van der Waals surface area contributed by atoms with Gasteiger partial charge < -0.3 is 10.6 Å². The second kappa shape index (κ2) is 8.42. The zero-order chi connectivity index (χ0) is 20.2. The van der Waals surface area contributed by atoms with Gasteiger partial charge in [-0.05, 0) is 66.9 Å². The highest BCUT2D eigenvalue weighted by molar-refractivity contribution is 7.99. The second-order valence-corrected chi connectivity index (χ2v) is 7.97. The maximum atomic E-state index is 12.8. The summed E-state index contributed by atoms with van der Waals surface area (Å²) >= 11 is 1.53. The van der Waals surface area contributed by atoms with Gasteiger partial charge in [0.2, 0.25) is 0 Å². The highest BCUT2D eigenvalue weighted by Crippen LogP contribution is 2.39. The minimum Gasteiger partial charge on any atom is -0.349 e. The van der Waals surface area contributed by atoms with Crippen LogP contribution >= 0.6 is 11.8 Å². The molecule has 0 saturated heterocycles. The van der Waals surface area contributed by atoms with Crippen molar-refractivity contribution in [2.24, 2.45) is 0 Å². The molecule has 5 heteroatoms. The monoisotopic (exact) mass is 400 g/mol. The van der Waals surface area contributed by atoms with Crippen LogP contribution in [0.15, 0.2) is 70.5 Å². The molecule has 29 heavy (non-hydrogen) atoms. The van der Waals surface area contributed by atoms with Crippen LogP contribution in [0.2, 0.25) is 0 Å². The van der Waals surface area contributed by atoms with Crippen molar-refractivity contribution in [2.45, 2.75) is 35.6 Å². The zero-order valence-electron chi connectivity index (χ0n) is 16.0. The van der Waals surface area contributed by atoms with Crippen molar-refractivity contribution >= 4 is 29.3 Å². The number of carbonyl (C=O) groups is 2. The Hall–Kier alpha value is -3.23. The largest absolute Gasteiger partial charge is 0.349 e. The van der Waals surface area contributed by atoms with E-state index in [1.54, 1.807) is 12.1 Å². The Balaban J connectivity index is 1.52. The number of fused-ring (bicyclic) bond motifs is 2. The van der Waals surface area contributed by atoms with Crippen LogP contribution in [0.4, 0.5) is 5.69 Å².